The lowest BCUT2D eigenvalue weighted by Gasteiger charge is -2.19. The van der Waals surface area contributed by atoms with Gasteiger partial charge in [0.15, 0.2) is 0 Å². The highest BCUT2D eigenvalue weighted by molar-refractivity contribution is 6.03. The smallest absolute Gasteiger partial charge is 0.338 e. The van der Waals surface area contributed by atoms with Gasteiger partial charge >= 0.3 is 5.97 Å². The number of benzene rings is 1. The van der Waals surface area contributed by atoms with Crippen LogP contribution in [0, 0.1) is 18.8 Å². The zero-order valence-electron chi connectivity index (χ0n) is 12.1. The lowest BCUT2D eigenvalue weighted by molar-refractivity contribution is -0.118. The molecule has 0 radical (unpaired) electrons. The molecule has 1 saturated heterocycles. The number of nitrogens with one attached hydrogen (secondary N) is 2. The summed E-state index contributed by atoms with van der Waals surface area (Å²) in [7, 11) is 0. The Hall–Kier alpha value is -1.88. The summed E-state index contributed by atoms with van der Waals surface area (Å²) in [5.41, 5.74) is 1.21. The Morgan fingerprint density at radius 2 is 2.14 bits per heavy atom. The Morgan fingerprint density at radius 1 is 1.33 bits per heavy atom. The van der Waals surface area contributed by atoms with Crippen LogP contribution in [-0.2, 0) is 4.79 Å². The monoisotopic (exact) mass is 288 g/mol. The maximum absolute atomic E-state index is 12.5. The number of hydrogen-bond donors (Lipinski definition) is 3. The standard InChI is InChI=1S/C16H20N2O3/c1-9-4-2-7-12(13(9)16(20)21)18-15(19)14-11-6-3-5-10(11)8-17-14/h2,4,7,10-11,14,17H,3,5-6,8H2,1H3,(H,18,19)(H,20,21). The number of aryl methyl sites for hydroxylation is 1. The van der Waals surface area contributed by atoms with E-state index in [4.69, 9.17) is 0 Å². The summed E-state index contributed by atoms with van der Waals surface area (Å²) in [5.74, 6) is -0.140. The second-order valence-electron chi connectivity index (χ2n) is 6.03. The number of anilines is 1. The molecule has 1 aromatic rings. The molecule has 1 amide bonds. The fourth-order valence-corrected chi connectivity index (χ4v) is 3.74. The molecule has 1 heterocycles. The third-order valence-corrected chi connectivity index (χ3v) is 4.77. The van der Waals surface area contributed by atoms with Gasteiger partial charge in [0.1, 0.15) is 0 Å². The van der Waals surface area contributed by atoms with Gasteiger partial charge in [-0.3, -0.25) is 4.79 Å². The molecule has 5 nitrogen and oxygen atoms in total. The van der Waals surface area contributed by atoms with Gasteiger partial charge in [-0.15, -0.1) is 0 Å². The van der Waals surface area contributed by atoms with E-state index in [2.05, 4.69) is 10.6 Å². The molecule has 3 N–H and O–H groups in total. The number of aromatic carboxylic acids is 1. The van der Waals surface area contributed by atoms with Crippen LogP contribution in [0.2, 0.25) is 0 Å². The summed E-state index contributed by atoms with van der Waals surface area (Å²) in [6.07, 6.45) is 3.45. The molecular weight excluding hydrogens is 268 g/mol. The van der Waals surface area contributed by atoms with Crippen LogP contribution >= 0.6 is 0 Å². The van der Waals surface area contributed by atoms with Crippen molar-refractivity contribution in [3.8, 4) is 0 Å². The second-order valence-corrected chi connectivity index (χ2v) is 6.03. The van der Waals surface area contributed by atoms with Crippen molar-refractivity contribution in [2.45, 2.75) is 32.2 Å². The summed E-state index contributed by atoms with van der Waals surface area (Å²) < 4.78 is 0. The van der Waals surface area contributed by atoms with E-state index in [0.29, 0.717) is 23.1 Å². The molecular formula is C16H20N2O3. The lowest BCUT2D eigenvalue weighted by atomic mass is 9.93. The average molecular weight is 288 g/mol. The molecule has 5 heteroatoms. The summed E-state index contributed by atoms with van der Waals surface area (Å²) in [6.45, 7) is 2.63. The average Bonchev–Trinajstić information content (AvgIpc) is 2.99. The van der Waals surface area contributed by atoms with Gasteiger partial charge in [0, 0.05) is 0 Å². The summed E-state index contributed by atoms with van der Waals surface area (Å²) >= 11 is 0. The molecule has 1 saturated carbocycles. The third kappa shape index (κ3) is 2.53. The quantitative estimate of drug-likeness (QED) is 0.795. The van der Waals surface area contributed by atoms with E-state index in [0.717, 1.165) is 13.0 Å². The number of fused-ring (bicyclic) bond motifs is 1. The predicted octanol–water partition coefficient (Wildman–Crippen LogP) is 2.02. The highest BCUT2D eigenvalue weighted by Crippen LogP contribution is 2.38. The van der Waals surface area contributed by atoms with Crippen molar-refractivity contribution in [3.63, 3.8) is 0 Å². The Morgan fingerprint density at radius 3 is 2.90 bits per heavy atom. The fraction of sp³-hybridized carbons (Fsp3) is 0.500. The number of carboxylic acid groups (broad SMARTS) is 1. The zero-order chi connectivity index (χ0) is 15.0. The van der Waals surface area contributed by atoms with Crippen LogP contribution in [-0.4, -0.2) is 29.6 Å². The Labute approximate surface area is 123 Å². The van der Waals surface area contributed by atoms with E-state index >= 15 is 0 Å². The van der Waals surface area contributed by atoms with E-state index in [9.17, 15) is 14.7 Å². The molecule has 21 heavy (non-hydrogen) atoms. The summed E-state index contributed by atoms with van der Waals surface area (Å²) in [5, 5.41) is 15.4. The fourth-order valence-electron chi connectivity index (χ4n) is 3.74. The van der Waals surface area contributed by atoms with E-state index in [1.165, 1.54) is 12.8 Å². The molecule has 2 fully saturated rings. The molecule has 0 bridgehead atoms. The highest BCUT2D eigenvalue weighted by Gasteiger charge is 2.42. The van der Waals surface area contributed by atoms with E-state index in [1.807, 2.05) is 0 Å². The van der Waals surface area contributed by atoms with Gasteiger partial charge in [-0.1, -0.05) is 18.6 Å². The normalized spacial score (nSPS) is 27.4. The minimum Gasteiger partial charge on any atom is -0.478 e. The molecule has 0 spiro atoms. The molecule has 1 aromatic carbocycles. The molecule has 1 aliphatic heterocycles. The first-order valence-electron chi connectivity index (χ1n) is 7.45. The van der Waals surface area contributed by atoms with Crippen molar-refractivity contribution in [3.05, 3.63) is 29.3 Å². The summed E-state index contributed by atoms with van der Waals surface area (Å²) in [4.78, 5) is 23.8. The SMILES string of the molecule is Cc1cccc(NC(=O)C2NCC3CCCC32)c1C(=O)O. The van der Waals surface area contributed by atoms with Crippen LogP contribution < -0.4 is 10.6 Å². The minimum atomic E-state index is -1.01. The summed E-state index contributed by atoms with van der Waals surface area (Å²) in [6, 6.07) is 4.95. The molecule has 0 aromatic heterocycles. The Bertz CT molecular complexity index is 585. The Kier molecular flexibility index (Phi) is 3.68. The first-order valence-corrected chi connectivity index (χ1v) is 7.45. The van der Waals surface area contributed by atoms with E-state index in [1.54, 1.807) is 25.1 Å². The van der Waals surface area contributed by atoms with Crippen LogP contribution in [0.15, 0.2) is 18.2 Å². The van der Waals surface area contributed by atoms with Gasteiger partial charge in [0.25, 0.3) is 0 Å². The van der Waals surface area contributed by atoms with Crippen molar-refractivity contribution in [2.75, 3.05) is 11.9 Å². The van der Waals surface area contributed by atoms with Gasteiger partial charge in [0.05, 0.1) is 17.3 Å². The lowest BCUT2D eigenvalue weighted by Crippen LogP contribution is -2.40. The van der Waals surface area contributed by atoms with Gasteiger partial charge in [-0.25, -0.2) is 4.79 Å². The molecule has 112 valence electrons. The number of carboxylic acids is 1. The molecule has 3 atom stereocenters. The van der Waals surface area contributed by atoms with Gasteiger partial charge in [0.2, 0.25) is 5.91 Å². The first-order chi connectivity index (χ1) is 10.1. The van der Waals surface area contributed by atoms with Crippen LogP contribution in [0.5, 0.6) is 0 Å². The Balaban J connectivity index is 1.79. The largest absolute Gasteiger partial charge is 0.478 e. The predicted molar refractivity (Wildman–Crippen MR) is 79.4 cm³/mol. The van der Waals surface area contributed by atoms with Gasteiger partial charge in [-0.05, 0) is 49.8 Å². The van der Waals surface area contributed by atoms with Crippen molar-refractivity contribution >= 4 is 17.6 Å². The van der Waals surface area contributed by atoms with Crippen molar-refractivity contribution in [2.24, 2.45) is 11.8 Å². The van der Waals surface area contributed by atoms with Crippen molar-refractivity contribution in [1.82, 2.24) is 5.32 Å². The molecule has 2 aliphatic rings. The van der Waals surface area contributed by atoms with E-state index in [-0.39, 0.29) is 17.5 Å². The van der Waals surface area contributed by atoms with Crippen LogP contribution in [0.1, 0.15) is 35.2 Å². The maximum atomic E-state index is 12.5. The highest BCUT2D eigenvalue weighted by atomic mass is 16.4. The van der Waals surface area contributed by atoms with Crippen LogP contribution in [0.25, 0.3) is 0 Å². The number of rotatable bonds is 3. The van der Waals surface area contributed by atoms with Crippen molar-refractivity contribution < 1.29 is 14.7 Å². The minimum absolute atomic E-state index is 0.113. The van der Waals surface area contributed by atoms with Gasteiger partial charge < -0.3 is 15.7 Å². The molecule has 1 aliphatic carbocycles. The topological polar surface area (TPSA) is 78.4 Å². The van der Waals surface area contributed by atoms with Gasteiger partial charge in [-0.2, -0.15) is 0 Å². The molecule has 3 unspecified atom stereocenters. The number of hydrogen-bond acceptors (Lipinski definition) is 3. The number of carbonyl (C=O) groups is 2. The van der Waals surface area contributed by atoms with Crippen LogP contribution in [0.4, 0.5) is 5.69 Å². The number of carbonyl (C=O) groups excluding carboxylic acids is 1. The number of amides is 1. The van der Waals surface area contributed by atoms with E-state index < -0.39 is 5.97 Å². The van der Waals surface area contributed by atoms with Crippen molar-refractivity contribution in [1.29, 1.82) is 0 Å². The third-order valence-electron chi connectivity index (χ3n) is 4.77. The second kappa shape index (κ2) is 5.48. The first kappa shape index (κ1) is 14.1. The maximum Gasteiger partial charge on any atom is 0.338 e. The zero-order valence-corrected chi connectivity index (χ0v) is 12.1. The molecule has 3 rings (SSSR count). The van der Waals surface area contributed by atoms with Crippen LogP contribution in [0.3, 0.4) is 0 Å².